The molecule has 208 valence electrons. The number of hydrogen-bond acceptors (Lipinski definition) is 6. The van der Waals surface area contributed by atoms with E-state index in [4.69, 9.17) is 19.2 Å². The van der Waals surface area contributed by atoms with Crippen LogP contribution < -0.4 is 0 Å². The molecule has 4 aliphatic rings. The summed E-state index contributed by atoms with van der Waals surface area (Å²) >= 11 is 0. The van der Waals surface area contributed by atoms with E-state index in [0.29, 0.717) is 51.3 Å². The summed E-state index contributed by atoms with van der Waals surface area (Å²) in [6.07, 6.45) is -2.05. The van der Waals surface area contributed by atoms with Crippen molar-refractivity contribution in [1.82, 2.24) is 4.98 Å². The van der Waals surface area contributed by atoms with Gasteiger partial charge in [0.25, 0.3) is 0 Å². The second-order valence-corrected chi connectivity index (χ2v) is 12.1. The van der Waals surface area contributed by atoms with Crippen LogP contribution in [0.15, 0.2) is 18.2 Å². The molecule has 6 rings (SSSR count). The lowest BCUT2D eigenvalue weighted by Gasteiger charge is -2.40. The van der Waals surface area contributed by atoms with Crippen LogP contribution in [0.1, 0.15) is 109 Å². The van der Waals surface area contributed by atoms with Crippen LogP contribution in [0.25, 0.3) is 0 Å². The van der Waals surface area contributed by atoms with E-state index in [-0.39, 0.29) is 11.3 Å². The van der Waals surface area contributed by atoms with Gasteiger partial charge in [0, 0.05) is 62.0 Å². The monoisotopic (exact) mass is 542 g/mol. The van der Waals surface area contributed by atoms with Crippen molar-refractivity contribution in [3.05, 3.63) is 63.0 Å². The first-order chi connectivity index (χ1) is 18.5. The summed E-state index contributed by atoms with van der Waals surface area (Å²) in [5, 5.41) is 21.1. The first-order valence-corrected chi connectivity index (χ1v) is 13.7. The number of halogens is 3. The van der Waals surface area contributed by atoms with Crippen LogP contribution in [0.4, 0.5) is 13.2 Å². The molecule has 2 saturated heterocycles. The van der Waals surface area contributed by atoms with E-state index in [1.54, 1.807) is 6.07 Å². The van der Waals surface area contributed by atoms with Crippen molar-refractivity contribution in [3.8, 4) is 6.07 Å². The highest BCUT2D eigenvalue weighted by Crippen LogP contribution is 2.58. The molecule has 1 aromatic carbocycles. The zero-order valence-electron chi connectivity index (χ0n) is 22.2. The Balaban J connectivity index is 1.61. The van der Waals surface area contributed by atoms with E-state index >= 15 is 0 Å². The summed E-state index contributed by atoms with van der Waals surface area (Å²) in [6, 6.07) is 5.44. The molecule has 39 heavy (non-hydrogen) atoms. The summed E-state index contributed by atoms with van der Waals surface area (Å²) in [5.41, 5.74) is 2.62. The zero-order chi connectivity index (χ0) is 27.6. The molecule has 2 aromatic rings. The fourth-order valence-electron chi connectivity index (χ4n) is 7.08. The quantitative estimate of drug-likeness (QED) is 0.501. The topological polar surface area (TPSA) is 84.6 Å². The summed E-state index contributed by atoms with van der Waals surface area (Å²) < 4.78 is 59.1. The molecule has 6 nitrogen and oxygen atoms in total. The fraction of sp³-hybridized carbons (Fsp3) is 0.600. The fourth-order valence-corrected chi connectivity index (χ4v) is 7.08. The second-order valence-electron chi connectivity index (χ2n) is 12.1. The van der Waals surface area contributed by atoms with Crippen molar-refractivity contribution in [3.63, 3.8) is 0 Å². The third kappa shape index (κ3) is 4.55. The minimum absolute atomic E-state index is 0.103. The van der Waals surface area contributed by atoms with Gasteiger partial charge in [-0.1, -0.05) is 19.9 Å². The van der Waals surface area contributed by atoms with E-state index in [1.807, 2.05) is 0 Å². The number of alkyl halides is 3. The molecule has 0 amide bonds. The molecule has 1 N–H and O–H groups in total. The molecular weight excluding hydrogens is 509 g/mol. The number of fused-ring (bicyclic) bond motifs is 4. The van der Waals surface area contributed by atoms with Gasteiger partial charge in [-0.2, -0.15) is 18.4 Å². The van der Waals surface area contributed by atoms with Crippen LogP contribution in [0.2, 0.25) is 0 Å². The molecule has 1 aliphatic carbocycles. The van der Waals surface area contributed by atoms with E-state index in [0.717, 1.165) is 53.4 Å². The van der Waals surface area contributed by atoms with Crippen LogP contribution in [0, 0.1) is 16.7 Å². The predicted octanol–water partition coefficient (Wildman–Crippen LogP) is 6.00. The van der Waals surface area contributed by atoms with Gasteiger partial charge < -0.3 is 19.3 Å². The predicted molar refractivity (Wildman–Crippen MR) is 135 cm³/mol. The summed E-state index contributed by atoms with van der Waals surface area (Å²) in [4.78, 5) is 5.24. The number of rotatable bonds is 2. The summed E-state index contributed by atoms with van der Waals surface area (Å²) in [5.74, 6) is 0.103. The van der Waals surface area contributed by atoms with Crippen molar-refractivity contribution in [2.75, 3.05) is 26.4 Å². The Labute approximate surface area is 226 Å². The molecule has 3 aliphatic heterocycles. The maximum Gasteiger partial charge on any atom is 0.417 e. The first kappa shape index (κ1) is 26.7. The molecular formula is C30H33F3N2O4. The van der Waals surface area contributed by atoms with Crippen LogP contribution in [0.3, 0.4) is 0 Å². The number of aromatic nitrogens is 1. The molecule has 0 saturated carbocycles. The van der Waals surface area contributed by atoms with Crippen molar-refractivity contribution >= 4 is 0 Å². The number of nitrogens with zero attached hydrogens (tertiary/aromatic N) is 2. The molecule has 2 unspecified atom stereocenters. The normalized spacial score (nSPS) is 26.2. The number of hydrogen-bond donors (Lipinski definition) is 1. The van der Waals surface area contributed by atoms with Gasteiger partial charge in [-0.15, -0.1) is 0 Å². The van der Waals surface area contributed by atoms with Crippen LogP contribution in [-0.2, 0) is 32.4 Å². The Bertz CT molecular complexity index is 1320. The Hall–Kier alpha value is -2.51. The number of benzene rings is 1. The van der Waals surface area contributed by atoms with Crippen molar-refractivity contribution < 1.29 is 32.5 Å². The van der Waals surface area contributed by atoms with E-state index in [2.05, 4.69) is 13.8 Å². The lowest BCUT2D eigenvalue weighted by molar-refractivity contribution is -0.138. The Morgan fingerprint density at radius 1 is 1.05 bits per heavy atom. The molecule has 4 heterocycles. The van der Waals surface area contributed by atoms with E-state index in [9.17, 15) is 23.5 Å². The molecule has 0 radical (unpaired) electrons. The van der Waals surface area contributed by atoms with Crippen molar-refractivity contribution in [2.45, 2.75) is 82.3 Å². The van der Waals surface area contributed by atoms with Crippen molar-refractivity contribution in [2.24, 2.45) is 5.41 Å². The minimum atomic E-state index is -4.63. The van der Waals surface area contributed by atoms with Crippen molar-refractivity contribution in [1.29, 1.82) is 5.26 Å². The van der Waals surface area contributed by atoms with E-state index in [1.165, 1.54) is 12.1 Å². The average molecular weight is 543 g/mol. The lowest BCUT2D eigenvalue weighted by Crippen LogP contribution is -2.37. The zero-order valence-corrected chi connectivity index (χ0v) is 22.2. The number of aliphatic hydroxyl groups excluding tert-OH is 1. The molecule has 2 atom stereocenters. The van der Waals surface area contributed by atoms with Crippen LogP contribution in [0.5, 0.6) is 0 Å². The van der Waals surface area contributed by atoms with Crippen LogP contribution >= 0.6 is 0 Å². The highest BCUT2D eigenvalue weighted by Gasteiger charge is 2.53. The molecule has 9 heteroatoms. The van der Waals surface area contributed by atoms with Gasteiger partial charge in [0.1, 0.15) is 6.10 Å². The highest BCUT2D eigenvalue weighted by molar-refractivity contribution is 5.55. The first-order valence-electron chi connectivity index (χ1n) is 13.7. The molecule has 2 fully saturated rings. The lowest BCUT2D eigenvalue weighted by atomic mass is 9.69. The Kier molecular flexibility index (Phi) is 6.54. The molecule has 1 spiro atoms. The van der Waals surface area contributed by atoms with Gasteiger partial charge in [0.15, 0.2) is 0 Å². The smallest absolute Gasteiger partial charge is 0.388 e. The summed E-state index contributed by atoms with van der Waals surface area (Å²) in [6.45, 7) is 6.45. The van der Waals surface area contributed by atoms with E-state index < -0.39 is 35.1 Å². The van der Waals surface area contributed by atoms with Gasteiger partial charge in [0.2, 0.25) is 0 Å². The third-order valence-electron chi connectivity index (χ3n) is 8.85. The number of aliphatic hydroxyl groups is 1. The molecule has 0 bridgehead atoms. The van der Waals surface area contributed by atoms with Gasteiger partial charge in [-0.05, 0) is 54.4 Å². The van der Waals surface area contributed by atoms with Gasteiger partial charge in [-0.3, -0.25) is 4.98 Å². The molecule has 1 aromatic heterocycles. The largest absolute Gasteiger partial charge is 0.417 e. The average Bonchev–Trinajstić information content (AvgIpc) is 3.21. The maximum atomic E-state index is 13.6. The Morgan fingerprint density at radius 3 is 2.41 bits per heavy atom. The Morgan fingerprint density at radius 2 is 1.74 bits per heavy atom. The summed E-state index contributed by atoms with van der Waals surface area (Å²) in [7, 11) is 0. The highest BCUT2D eigenvalue weighted by atomic mass is 19.4. The van der Waals surface area contributed by atoms with Gasteiger partial charge in [0.05, 0.1) is 34.6 Å². The van der Waals surface area contributed by atoms with Gasteiger partial charge in [-0.25, -0.2) is 0 Å². The maximum absolute atomic E-state index is 13.6. The third-order valence-corrected chi connectivity index (χ3v) is 8.85. The number of ether oxygens (including phenoxy) is 3. The second kappa shape index (κ2) is 9.55. The minimum Gasteiger partial charge on any atom is -0.388 e. The number of pyridine rings is 1. The number of nitriles is 1. The SMILES string of the molecule is CC1(C)Cc2nc(C3CCOCC3)c3c(c2C(O)C1)C1(CCOCC1)OC3c1ccc(C(F)(F)F)c(C#N)c1. The van der Waals surface area contributed by atoms with Crippen LogP contribution in [-0.4, -0.2) is 36.5 Å². The standard InChI is InChI=1S/C30H33F3N2O4/c1-28(2)14-21-23(22(36)15-28)25-24(26(35-21)17-5-9-37-10-6-17)27(39-29(25)7-11-38-12-8-29)18-3-4-20(30(31,32)33)19(13-18)16-34/h3-4,13,17,22,27,36H,5-12,14-15H2,1-2H3. The van der Waals surface area contributed by atoms with Gasteiger partial charge >= 0.3 is 6.18 Å².